The number of hydrogen-bond donors (Lipinski definition) is 1. The van der Waals surface area contributed by atoms with Crippen LogP contribution in [0.3, 0.4) is 0 Å². The predicted octanol–water partition coefficient (Wildman–Crippen LogP) is 3.67. The lowest BCUT2D eigenvalue weighted by molar-refractivity contribution is -0.119. The number of carbonyl (C=O) groups excluding carboxylic acids is 1. The van der Waals surface area contributed by atoms with Crippen LogP contribution in [0.25, 0.3) is 11.4 Å². The van der Waals surface area contributed by atoms with E-state index in [9.17, 15) is 4.79 Å². The first-order valence-corrected chi connectivity index (χ1v) is 8.85. The molecular weight excluding hydrogens is 326 g/mol. The Balaban J connectivity index is 1.72. The molecule has 5 nitrogen and oxygen atoms in total. The Labute approximate surface area is 152 Å². The quantitative estimate of drug-likeness (QED) is 0.782. The normalized spacial score (nSPS) is 19.7. The highest BCUT2D eigenvalue weighted by molar-refractivity contribution is 5.81. The van der Waals surface area contributed by atoms with Crippen molar-refractivity contribution in [1.82, 2.24) is 15.5 Å². The molecule has 4 rings (SSSR count). The first-order chi connectivity index (χ1) is 12.6. The molecule has 1 atom stereocenters. The third-order valence-corrected chi connectivity index (χ3v) is 5.05. The van der Waals surface area contributed by atoms with Crippen LogP contribution in [0.15, 0.2) is 59.1 Å². The van der Waals surface area contributed by atoms with Gasteiger partial charge in [0.1, 0.15) is 5.41 Å². The summed E-state index contributed by atoms with van der Waals surface area (Å²) in [5.41, 5.74) is 2.57. The van der Waals surface area contributed by atoms with Crippen molar-refractivity contribution in [2.75, 3.05) is 6.54 Å². The second kappa shape index (κ2) is 6.41. The van der Waals surface area contributed by atoms with E-state index >= 15 is 0 Å². The van der Waals surface area contributed by atoms with Crippen molar-refractivity contribution in [3.8, 4) is 11.4 Å². The standard InChI is InChI=1S/C21H21N3O2/c1-14(2)15-8-10-16(11-9-15)19-23-20(26-24-19)21(12-18(25)22-13-21)17-6-4-3-5-7-17/h3-11,14H,12-13H2,1-2H3,(H,22,25). The Morgan fingerprint density at radius 3 is 2.42 bits per heavy atom. The highest BCUT2D eigenvalue weighted by atomic mass is 16.5. The number of nitrogens with one attached hydrogen (secondary N) is 1. The fourth-order valence-electron chi connectivity index (χ4n) is 3.44. The molecule has 0 spiro atoms. The molecule has 1 amide bonds. The number of rotatable bonds is 4. The van der Waals surface area contributed by atoms with Gasteiger partial charge in [-0.15, -0.1) is 0 Å². The molecule has 3 aromatic rings. The van der Waals surface area contributed by atoms with E-state index in [0.717, 1.165) is 11.1 Å². The number of amides is 1. The molecular formula is C21H21N3O2. The first-order valence-electron chi connectivity index (χ1n) is 8.85. The number of hydrogen-bond acceptors (Lipinski definition) is 4. The zero-order chi connectivity index (χ0) is 18.1. The van der Waals surface area contributed by atoms with Gasteiger partial charge < -0.3 is 9.84 Å². The van der Waals surface area contributed by atoms with Crippen LogP contribution < -0.4 is 5.32 Å². The molecule has 1 aromatic heterocycles. The van der Waals surface area contributed by atoms with E-state index in [1.165, 1.54) is 5.56 Å². The van der Waals surface area contributed by atoms with Crippen molar-refractivity contribution in [3.05, 3.63) is 71.6 Å². The summed E-state index contributed by atoms with van der Waals surface area (Å²) < 4.78 is 5.63. The molecule has 1 aliphatic heterocycles. The SMILES string of the molecule is CC(C)c1ccc(-c2noc(C3(c4ccccc4)CNC(=O)C3)n2)cc1. The molecule has 5 heteroatoms. The Hall–Kier alpha value is -2.95. The average molecular weight is 347 g/mol. The van der Waals surface area contributed by atoms with Crippen LogP contribution >= 0.6 is 0 Å². The van der Waals surface area contributed by atoms with Crippen molar-refractivity contribution in [1.29, 1.82) is 0 Å². The van der Waals surface area contributed by atoms with Crippen LogP contribution in [0.5, 0.6) is 0 Å². The van der Waals surface area contributed by atoms with E-state index in [0.29, 0.717) is 30.6 Å². The minimum absolute atomic E-state index is 0.00473. The molecule has 2 heterocycles. The molecule has 0 aliphatic carbocycles. The van der Waals surface area contributed by atoms with Gasteiger partial charge in [-0.2, -0.15) is 4.98 Å². The number of benzene rings is 2. The lowest BCUT2D eigenvalue weighted by Crippen LogP contribution is -2.30. The maximum atomic E-state index is 12.0. The number of aromatic nitrogens is 2. The van der Waals surface area contributed by atoms with Gasteiger partial charge >= 0.3 is 0 Å². The largest absolute Gasteiger partial charge is 0.355 e. The van der Waals surface area contributed by atoms with E-state index in [1.54, 1.807) is 0 Å². The molecule has 1 N–H and O–H groups in total. The summed E-state index contributed by atoms with van der Waals surface area (Å²) in [6, 6.07) is 18.1. The molecule has 1 aliphatic rings. The predicted molar refractivity (Wildman–Crippen MR) is 98.7 cm³/mol. The second-order valence-corrected chi connectivity index (χ2v) is 7.10. The molecule has 1 saturated heterocycles. The van der Waals surface area contributed by atoms with Gasteiger partial charge in [-0.05, 0) is 17.0 Å². The third kappa shape index (κ3) is 2.79. The second-order valence-electron chi connectivity index (χ2n) is 7.10. The van der Waals surface area contributed by atoms with E-state index < -0.39 is 5.41 Å². The summed E-state index contributed by atoms with van der Waals surface area (Å²) in [7, 11) is 0. The van der Waals surface area contributed by atoms with Gasteiger partial charge in [-0.1, -0.05) is 73.6 Å². The smallest absolute Gasteiger partial charge is 0.239 e. The van der Waals surface area contributed by atoms with Crippen LogP contribution in [0.4, 0.5) is 0 Å². The molecule has 0 bridgehead atoms. The van der Waals surface area contributed by atoms with Gasteiger partial charge in [-0.3, -0.25) is 4.79 Å². The van der Waals surface area contributed by atoms with E-state index in [4.69, 9.17) is 4.52 Å². The monoisotopic (exact) mass is 347 g/mol. The van der Waals surface area contributed by atoms with Crippen LogP contribution in [-0.4, -0.2) is 22.6 Å². The minimum Gasteiger partial charge on any atom is -0.355 e. The van der Waals surface area contributed by atoms with Crippen molar-refractivity contribution in [2.24, 2.45) is 0 Å². The molecule has 0 saturated carbocycles. The van der Waals surface area contributed by atoms with Crippen molar-refractivity contribution < 1.29 is 9.32 Å². The number of nitrogens with zero attached hydrogens (tertiary/aromatic N) is 2. The lowest BCUT2D eigenvalue weighted by Gasteiger charge is -2.22. The number of carbonyl (C=O) groups is 1. The van der Waals surface area contributed by atoms with Crippen LogP contribution in [-0.2, 0) is 10.2 Å². The summed E-state index contributed by atoms with van der Waals surface area (Å²) in [5, 5.41) is 7.09. The summed E-state index contributed by atoms with van der Waals surface area (Å²) in [6.07, 6.45) is 0.310. The lowest BCUT2D eigenvalue weighted by atomic mass is 9.79. The van der Waals surface area contributed by atoms with Gasteiger partial charge in [0, 0.05) is 18.5 Å². The summed E-state index contributed by atoms with van der Waals surface area (Å²) >= 11 is 0. The van der Waals surface area contributed by atoms with E-state index in [1.807, 2.05) is 42.5 Å². The van der Waals surface area contributed by atoms with Crippen molar-refractivity contribution in [2.45, 2.75) is 31.6 Å². The van der Waals surface area contributed by atoms with Gasteiger partial charge in [0.05, 0.1) is 0 Å². The minimum atomic E-state index is -0.610. The molecule has 26 heavy (non-hydrogen) atoms. The Kier molecular flexibility index (Phi) is 4.07. The van der Waals surface area contributed by atoms with Crippen LogP contribution in [0, 0.1) is 0 Å². The molecule has 1 unspecified atom stereocenters. The highest BCUT2D eigenvalue weighted by Crippen LogP contribution is 2.38. The van der Waals surface area contributed by atoms with Crippen LogP contribution in [0.1, 0.15) is 43.2 Å². The third-order valence-electron chi connectivity index (χ3n) is 5.05. The fraction of sp³-hybridized carbons (Fsp3) is 0.286. The molecule has 132 valence electrons. The van der Waals surface area contributed by atoms with Crippen LogP contribution in [0.2, 0.25) is 0 Å². The van der Waals surface area contributed by atoms with Gasteiger partial charge in [0.25, 0.3) is 0 Å². The maximum Gasteiger partial charge on any atom is 0.239 e. The summed E-state index contributed by atoms with van der Waals surface area (Å²) in [6.45, 7) is 4.79. The topological polar surface area (TPSA) is 68.0 Å². The first kappa shape index (κ1) is 16.5. The zero-order valence-electron chi connectivity index (χ0n) is 14.9. The molecule has 2 aromatic carbocycles. The molecule has 1 fully saturated rings. The van der Waals surface area contributed by atoms with E-state index in [2.05, 4.69) is 41.4 Å². The van der Waals surface area contributed by atoms with Crippen molar-refractivity contribution in [3.63, 3.8) is 0 Å². The summed E-state index contributed by atoms with van der Waals surface area (Å²) in [5.74, 6) is 1.49. The Morgan fingerprint density at radius 2 is 1.81 bits per heavy atom. The van der Waals surface area contributed by atoms with E-state index in [-0.39, 0.29) is 5.91 Å². The van der Waals surface area contributed by atoms with Gasteiger partial charge in [0.2, 0.25) is 17.6 Å². The maximum absolute atomic E-state index is 12.0. The Morgan fingerprint density at radius 1 is 1.08 bits per heavy atom. The zero-order valence-corrected chi connectivity index (χ0v) is 14.9. The fourth-order valence-corrected chi connectivity index (χ4v) is 3.44. The average Bonchev–Trinajstić information content (AvgIpc) is 3.30. The summed E-state index contributed by atoms with van der Waals surface area (Å²) in [4.78, 5) is 16.6. The van der Waals surface area contributed by atoms with Gasteiger partial charge in [0.15, 0.2) is 0 Å². The van der Waals surface area contributed by atoms with Gasteiger partial charge in [-0.25, -0.2) is 0 Å². The Bertz CT molecular complexity index is 916. The van der Waals surface area contributed by atoms with Crippen molar-refractivity contribution >= 4 is 5.91 Å². The molecule has 0 radical (unpaired) electrons. The highest BCUT2D eigenvalue weighted by Gasteiger charge is 2.46.